The summed E-state index contributed by atoms with van der Waals surface area (Å²) in [6.07, 6.45) is 2.59. The summed E-state index contributed by atoms with van der Waals surface area (Å²) in [6, 6.07) is 15.9. The lowest BCUT2D eigenvalue weighted by Gasteiger charge is -2.17. The molecule has 0 bridgehead atoms. The van der Waals surface area contributed by atoms with E-state index >= 15 is 0 Å². The van der Waals surface area contributed by atoms with Crippen LogP contribution in [0.3, 0.4) is 0 Å². The Hall–Kier alpha value is -3.29. The van der Waals surface area contributed by atoms with Gasteiger partial charge in [0.2, 0.25) is 0 Å². The first-order valence-electron chi connectivity index (χ1n) is 11.7. The number of carbonyl (C=O) groups excluding carboxylic acids is 1. The van der Waals surface area contributed by atoms with Gasteiger partial charge < -0.3 is 15.0 Å². The number of ether oxygens (including phenoxy) is 1. The Morgan fingerprint density at radius 3 is 2.41 bits per heavy atom. The molecule has 0 atom stereocenters. The van der Waals surface area contributed by atoms with Crippen LogP contribution in [0, 0.1) is 0 Å². The van der Waals surface area contributed by atoms with E-state index in [-0.39, 0.29) is 5.97 Å². The monoisotopic (exact) mass is 474 g/mol. The van der Waals surface area contributed by atoms with E-state index in [9.17, 15) is 4.79 Å². The summed E-state index contributed by atoms with van der Waals surface area (Å²) >= 11 is 1.61. The zero-order chi connectivity index (χ0) is 23.9. The third-order valence-electron chi connectivity index (χ3n) is 5.96. The predicted molar refractivity (Wildman–Crippen MR) is 140 cm³/mol. The first-order valence-corrected chi connectivity index (χ1v) is 12.6. The summed E-state index contributed by atoms with van der Waals surface area (Å²) in [5.41, 5.74) is 4.94. The molecule has 6 nitrogen and oxygen atoms in total. The molecule has 0 aliphatic carbocycles. The number of hydrogen-bond acceptors (Lipinski definition) is 7. The molecule has 4 aromatic rings. The number of benzene rings is 2. The summed E-state index contributed by atoms with van der Waals surface area (Å²) in [4.78, 5) is 24.5. The van der Waals surface area contributed by atoms with Gasteiger partial charge in [0.05, 0.1) is 10.9 Å². The minimum atomic E-state index is -0.307. The predicted octanol–water partition coefficient (Wildman–Crippen LogP) is 6.16. The number of fused-ring (bicyclic) bond motifs is 1. The van der Waals surface area contributed by atoms with Crippen molar-refractivity contribution in [3.63, 3.8) is 0 Å². The SMILES string of the molecule is CCc1ccc(-c2csc3ncnc(Nc4ccc(C(=O)OCCN(CC)CC)cc4)c23)cc1. The van der Waals surface area contributed by atoms with Gasteiger partial charge in [-0.1, -0.05) is 45.0 Å². The van der Waals surface area contributed by atoms with Crippen molar-refractivity contribution >= 4 is 39.0 Å². The maximum absolute atomic E-state index is 12.4. The number of hydrogen-bond donors (Lipinski definition) is 1. The van der Waals surface area contributed by atoms with E-state index in [0.29, 0.717) is 12.2 Å². The third kappa shape index (κ3) is 5.43. The third-order valence-corrected chi connectivity index (χ3v) is 6.85. The molecule has 0 aliphatic heterocycles. The van der Waals surface area contributed by atoms with Crippen LogP contribution < -0.4 is 5.32 Å². The molecule has 0 fully saturated rings. The van der Waals surface area contributed by atoms with Gasteiger partial charge in [-0.3, -0.25) is 0 Å². The standard InChI is InChI=1S/C27H30N4O2S/c1-4-19-7-9-20(10-8-19)23-17-34-26-24(23)25(28-18-29-26)30-22-13-11-21(12-14-22)27(32)33-16-15-31(5-2)6-3/h7-14,17-18H,4-6,15-16H2,1-3H3,(H,28,29,30). The molecule has 7 heteroatoms. The number of rotatable bonds is 10. The van der Waals surface area contributed by atoms with Gasteiger partial charge in [-0.2, -0.15) is 0 Å². The van der Waals surface area contributed by atoms with E-state index in [4.69, 9.17) is 4.74 Å². The van der Waals surface area contributed by atoms with Crippen molar-refractivity contribution in [3.8, 4) is 11.1 Å². The van der Waals surface area contributed by atoms with Gasteiger partial charge >= 0.3 is 5.97 Å². The number of esters is 1. The first kappa shape index (κ1) is 23.9. The Labute approximate surface area is 204 Å². The summed E-state index contributed by atoms with van der Waals surface area (Å²) in [5.74, 6) is 0.439. The molecule has 0 amide bonds. The molecule has 0 radical (unpaired) electrons. The molecule has 0 aliphatic rings. The molecule has 2 aromatic carbocycles. The molecule has 0 unspecified atom stereocenters. The molecule has 1 N–H and O–H groups in total. The van der Waals surface area contributed by atoms with Crippen LogP contribution in [0.2, 0.25) is 0 Å². The highest BCUT2D eigenvalue weighted by molar-refractivity contribution is 7.17. The molecule has 176 valence electrons. The van der Waals surface area contributed by atoms with Gasteiger partial charge in [0, 0.05) is 23.2 Å². The summed E-state index contributed by atoms with van der Waals surface area (Å²) in [5, 5.41) is 6.53. The minimum Gasteiger partial charge on any atom is -0.461 e. The van der Waals surface area contributed by atoms with Crippen molar-refractivity contribution in [1.29, 1.82) is 0 Å². The number of likely N-dealkylation sites (N-methyl/N-ethyl adjacent to an activating group) is 1. The molecule has 0 saturated carbocycles. The Balaban J connectivity index is 1.49. The molecule has 2 heterocycles. The van der Waals surface area contributed by atoms with Crippen molar-refractivity contribution in [2.24, 2.45) is 0 Å². The normalized spacial score (nSPS) is 11.2. The number of nitrogens with zero attached hydrogens (tertiary/aromatic N) is 3. The summed E-state index contributed by atoms with van der Waals surface area (Å²) in [6.45, 7) is 9.38. The number of aryl methyl sites for hydroxylation is 1. The van der Waals surface area contributed by atoms with Gasteiger partial charge in [-0.25, -0.2) is 14.8 Å². The Morgan fingerprint density at radius 2 is 1.74 bits per heavy atom. The van der Waals surface area contributed by atoms with Crippen molar-refractivity contribution in [1.82, 2.24) is 14.9 Å². The summed E-state index contributed by atoms with van der Waals surface area (Å²) < 4.78 is 5.43. The molecule has 0 saturated heterocycles. The topological polar surface area (TPSA) is 67.3 Å². The molecule has 34 heavy (non-hydrogen) atoms. The van der Waals surface area contributed by atoms with Crippen LogP contribution in [-0.4, -0.2) is 47.1 Å². The van der Waals surface area contributed by atoms with Crippen LogP contribution in [0.5, 0.6) is 0 Å². The quantitative estimate of drug-likeness (QED) is 0.278. The Kier molecular flexibility index (Phi) is 7.87. The molecule has 0 spiro atoms. The Bertz CT molecular complexity index is 1230. The van der Waals surface area contributed by atoms with Crippen LogP contribution in [0.15, 0.2) is 60.2 Å². The first-order chi connectivity index (χ1) is 16.6. The number of thiophene rings is 1. The summed E-state index contributed by atoms with van der Waals surface area (Å²) in [7, 11) is 0. The second-order valence-electron chi connectivity index (χ2n) is 7.97. The highest BCUT2D eigenvalue weighted by Gasteiger charge is 2.14. The average molecular weight is 475 g/mol. The lowest BCUT2D eigenvalue weighted by molar-refractivity contribution is 0.0466. The van der Waals surface area contributed by atoms with Gasteiger partial charge in [-0.15, -0.1) is 11.3 Å². The fourth-order valence-electron chi connectivity index (χ4n) is 3.82. The zero-order valence-electron chi connectivity index (χ0n) is 19.9. The zero-order valence-corrected chi connectivity index (χ0v) is 20.7. The van der Waals surface area contributed by atoms with E-state index in [1.54, 1.807) is 29.8 Å². The lowest BCUT2D eigenvalue weighted by atomic mass is 10.0. The van der Waals surface area contributed by atoms with Gasteiger partial charge in [0.15, 0.2) is 0 Å². The van der Waals surface area contributed by atoms with Crippen LogP contribution >= 0.6 is 11.3 Å². The average Bonchev–Trinajstić information content (AvgIpc) is 3.32. The number of aromatic nitrogens is 2. The maximum atomic E-state index is 12.4. The van der Waals surface area contributed by atoms with E-state index in [1.165, 1.54) is 5.56 Å². The molecular weight excluding hydrogens is 444 g/mol. The highest BCUT2D eigenvalue weighted by Crippen LogP contribution is 2.37. The van der Waals surface area contributed by atoms with Crippen molar-refractivity contribution < 1.29 is 9.53 Å². The maximum Gasteiger partial charge on any atom is 0.338 e. The van der Waals surface area contributed by atoms with E-state index < -0.39 is 0 Å². The van der Waals surface area contributed by atoms with Crippen molar-refractivity contribution in [2.75, 3.05) is 31.6 Å². The van der Waals surface area contributed by atoms with Crippen LogP contribution in [0.1, 0.15) is 36.7 Å². The van der Waals surface area contributed by atoms with Gasteiger partial charge in [0.1, 0.15) is 23.6 Å². The van der Waals surface area contributed by atoms with Crippen molar-refractivity contribution in [3.05, 3.63) is 71.4 Å². The van der Waals surface area contributed by atoms with E-state index in [2.05, 4.69) is 70.6 Å². The number of anilines is 2. The van der Waals surface area contributed by atoms with Crippen molar-refractivity contribution in [2.45, 2.75) is 27.2 Å². The number of nitrogens with one attached hydrogen (secondary N) is 1. The van der Waals surface area contributed by atoms with Crippen LogP contribution in [0.4, 0.5) is 11.5 Å². The van der Waals surface area contributed by atoms with Crippen LogP contribution in [-0.2, 0) is 11.2 Å². The fraction of sp³-hybridized carbons (Fsp3) is 0.296. The Morgan fingerprint density at radius 1 is 1.00 bits per heavy atom. The highest BCUT2D eigenvalue weighted by atomic mass is 32.1. The second kappa shape index (κ2) is 11.2. The van der Waals surface area contributed by atoms with E-state index in [1.807, 2.05) is 12.1 Å². The number of carbonyl (C=O) groups is 1. The lowest BCUT2D eigenvalue weighted by Crippen LogP contribution is -2.27. The molecule has 2 aromatic heterocycles. The molecule has 4 rings (SSSR count). The molecular formula is C27H30N4O2S. The van der Waals surface area contributed by atoms with Gasteiger partial charge in [-0.05, 0) is 54.9 Å². The van der Waals surface area contributed by atoms with E-state index in [0.717, 1.165) is 58.9 Å². The van der Waals surface area contributed by atoms with Gasteiger partial charge in [0.25, 0.3) is 0 Å². The smallest absolute Gasteiger partial charge is 0.338 e. The largest absolute Gasteiger partial charge is 0.461 e. The fourth-order valence-corrected chi connectivity index (χ4v) is 4.74. The minimum absolute atomic E-state index is 0.307. The second-order valence-corrected chi connectivity index (χ2v) is 8.83. The van der Waals surface area contributed by atoms with Crippen LogP contribution in [0.25, 0.3) is 21.3 Å².